The van der Waals surface area contributed by atoms with Crippen molar-refractivity contribution < 1.29 is 0 Å². The lowest BCUT2D eigenvalue weighted by Gasteiger charge is -2.07. The number of fused-ring (bicyclic) bond motifs is 1. The van der Waals surface area contributed by atoms with Gasteiger partial charge in [-0.3, -0.25) is 4.79 Å². The predicted molar refractivity (Wildman–Crippen MR) is 82.5 cm³/mol. The van der Waals surface area contributed by atoms with E-state index in [0.717, 1.165) is 5.56 Å². The number of imidazole rings is 1. The zero-order valence-electron chi connectivity index (χ0n) is 12.5. The molecule has 0 fully saturated rings. The van der Waals surface area contributed by atoms with E-state index in [4.69, 9.17) is 0 Å². The molecular formula is C16H18N4O. The van der Waals surface area contributed by atoms with Crippen LogP contribution in [0.25, 0.3) is 11.2 Å². The average molecular weight is 282 g/mol. The topological polar surface area (TPSA) is 63.6 Å². The van der Waals surface area contributed by atoms with E-state index in [0.29, 0.717) is 30.0 Å². The summed E-state index contributed by atoms with van der Waals surface area (Å²) in [5, 5.41) is 0. The molecule has 2 aromatic heterocycles. The molecule has 0 aliphatic heterocycles. The van der Waals surface area contributed by atoms with Gasteiger partial charge in [-0.1, -0.05) is 36.2 Å². The van der Waals surface area contributed by atoms with Crippen molar-refractivity contribution in [2.24, 2.45) is 0 Å². The quantitative estimate of drug-likeness (QED) is 0.802. The van der Waals surface area contributed by atoms with Crippen LogP contribution in [0.4, 0.5) is 0 Å². The van der Waals surface area contributed by atoms with E-state index in [-0.39, 0.29) is 5.56 Å². The molecule has 5 nitrogen and oxygen atoms in total. The van der Waals surface area contributed by atoms with Gasteiger partial charge in [-0.25, -0.2) is 9.97 Å². The third-order valence-electron chi connectivity index (χ3n) is 3.50. The highest BCUT2D eigenvalue weighted by molar-refractivity contribution is 5.69. The zero-order valence-corrected chi connectivity index (χ0v) is 12.5. The molecule has 3 aromatic rings. The Morgan fingerprint density at radius 3 is 2.57 bits per heavy atom. The molecule has 2 heterocycles. The van der Waals surface area contributed by atoms with E-state index in [2.05, 4.69) is 47.0 Å². The molecule has 0 radical (unpaired) electrons. The Kier molecular flexibility index (Phi) is 3.33. The minimum atomic E-state index is -0.126. The summed E-state index contributed by atoms with van der Waals surface area (Å²) in [5.74, 6) is 0.671. The molecule has 0 spiro atoms. The minimum Gasteiger partial charge on any atom is -0.320 e. The number of hydrogen-bond donors (Lipinski definition) is 1. The highest BCUT2D eigenvalue weighted by Gasteiger charge is 2.10. The summed E-state index contributed by atoms with van der Waals surface area (Å²) in [5.41, 5.74) is 4.51. The van der Waals surface area contributed by atoms with Crippen molar-refractivity contribution in [3.63, 3.8) is 0 Å². The third-order valence-corrected chi connectivity index (χ3v) is 3.50. The highest BCUT2D eigenvalue weighted by atomic mass is 16.1. The fraction of sp³-hybridized carbons (Fsp3) is 0.312. The van der Waals surface area contributed by atoms with Gasteiger partial charge in [0, 0.05) is 13.0 Å². The second-order valence-electron chi connectivity index (χ2n) is 5.41. The third kappa shape index (κ3) is 2.59. The van der Waals surface area contributed by atoms with Crippen LogP contribution in [0.2, 0.25) is 0 Å². The Morgan fingerprint density at radius 2 is 1.90 bits per heavy atom. The maximum Gasteiger partial charge on any atom is 0.277 e. The van der Waals surface area contributed by atoms with Gasteiger partial charge in [0.1, 0.15) is 5.82 Å². The van der Waals surface area contributed by atoms with Crippen LogP contribution >= 0.6 is 0 Å². The summed E-state index contributed by atoms with van der Waals surface area (Å²) >= 11 is 0. The monoisotopic (exact) mass is 282 g/mol. The summed E-state index contributed by atoms with van der Waals surface area (Å²) in [6.07, 6.45) is 2.37. The van der Waals surface area contributed by atoms with Crippen LogP contribution in [0.15, 0.2) is 29.3 Å². The van der Waals surface area contributed by atoms with Gasteiger partial charge >= 0.3 is 0 Å². The number of nitrogens with one attached hydrogen (secondary N) is 1. The Morgan fingerprint density at radius 1 is 1.19 bits per heavy atom. The van der Waals surface area contributed by atoms with Gasteiger partial charge in [0.15, 0.2) is 11.2 Å². The van der Waals surface area contributed by atoms with Crippen LogP contribution in [0.1, 0.15) is 29.4 Å². The van der Waals surface area contributed by atoms with Gasteiger partial charge in [0.25, 0.3) is 5.56 Å². The lowest BCUT2D eigenvalue weighted by molar-refractivity contribution is 0.815. The number of nitrogens with zero attached hydrogens (tertiary/aromatic N) is 3. The molecule has 0 unspecified atom stereocenters. The molecule has 0 atom stereocenters. The van der Waals surface area contributed by atoms with Crippen molar-refractivity contribution in [2.45, 2.75) is 33.7 Å². The molecule has 3 rings (SSSR count). The standard InChI is InChI=1S/C16H18N4O/c1-4-13-18-15-14(16(21)19-13)20(9-17-15)8-12-6-10(2)5-11(3)7-12/h5-7,9H,4,8H2,1-3H3,(H,18,19,21). The predicted octanol–water partition coefficient (Wildman–Crippen LogP) is 2.35. The van der Waals surface area contributed by atoms with Gasteiger partial charge in [-0.15, -0.1) is 0 Å². The molecule has 5 heteroatoms. The first-order valence-electron chi connectivity index (χ1n) is 7.08. The summed E-state index contributed by atoms with van der Waals surface area (Å²) in [7, 11) is 0. The average Bonchev–Trinajstić information content (AvgIpc) is 2.81. The molecule has 108 valence electrons. The number of aryl methyl sites for hydroxylation is 3. The Hall–Kier alpha value is -2.43. The second-order valence-corrected chi connectivity index (χ2v) is 5.41. The van der Waals surface area contributed by atoms with E-state index in [1.54, 1.807) is 6.33 Å². The van der Waals surface area contributed by atoms with Crippen molar-refractivity contribution in [3.8, 4) is 0 Å². The molecule has 0 saturated heterocycles. The number of hydrogen-bond acceptors (Lipinski definition) is 3. The normalized spacial score (nSPS) is 11.2. The maximum atomic E-state index is 12.2. The molecule has 1 aromatic carbocycles. The van der Waals surface area contributed by atoms with Gasteiger partial charge < -0.3 is 9.55 Å². The van der Waals surface area contributed by atoms with E-state index >= 15 is 0 Å². The molecule has 0 saturated carbocycles. The first-order valence-corrected chi connectivity index (χ1v) is 7.08. The van der Waals surface area contributed by atoms with Crippen molar-refractivity contribution in [2.75, 3.05) is 0 Å². The fourth-order valence-corrected chi connectivity index (χ4v) is 2.68. The number of benzene rings is 1. The van der Waals surface area contributed by atoms with E-state index in [1.165, 1.54) is 11.1 Å². The van der Waals surface area contributed by atoms with Crippen LogP contribution in [-0.2, 0) is 13.0 Å². The number of aromatic amines is 1. The second kappa shape index (κ2) is 5.16. The molecule has 0 bridgehead atoms. The highest BCUT2D eigenvalue weighted by Crippen LogP contribution is 2.13. The van der Waals surface area contributed by atoms with Crippen molar-refractivity contribution >= 4 is 11.2 Å². The lowest BCUT2D eigenvalue weighted by atomic mass is 10.1. The first kappa shape index (κ1) is 13.5. The van der Waals surface area contributed by atoms with Crippen LogP contribution in [0.5, 0.6) is 0 Å². The Labute approximate surface area is 122 Å². The number of aromatic nitrogens is 4. The van der Waals surface area contributed by atoms with Crippen molar-refractivity contribution in [1.82, 2.24) is 19.5 Å². The molecular weight excluding hydrogens is 264 g/mol. The summed E-state index contributed by atoms with van der Waals surface area (Å²) < 4.78 is 1.86. The number of H-pyrrole nitrogens is 1. The van der Waals surface area contributed by atoms with Crippen LogP contribution in [0.3, 0.4) is 0 Å². The van der Waals surface area contributed by atoms with Gasteiger partial charge in [0.2, 0.25) is 0 Å². The van der Waals surface area contributed by atoms with Gasteiger partial charge in [0.05, 0.1) is 6.33 Å². The zero-order chi connectivity index (χ0) is 15.0. The maximum absolute atomic E-state index is 12.2. The molecule has 0 aliphatic carbocycles. The smallest absolute Gasteiger partial charge is 0.277 e. The minimum absolute atomic E-state index is 0.126. The Balaban J connectivity index is 2.07. The molecule has 0 aliphatic rings. The van der Waals surface area contributed by atoms with Crippen LogP contribution < -0.4 is 5.56 Å². The fourth-order valence-electron chi connectivity index (χ4n) is 2.68. The number of rotatable bonds is 3. The van der Waals surface area contributed by atoms with Crippen LogP contribution in [0, 0.1) is 13.8 Å². The summed E-state index contributed by atoms with van der Waals surface area (Å²) in [6.45, 7) is 6.72. The largest absolute Gasteiger partial charge is 0.320 e. The first-order chi connectivity index (χ1) is 10.1. The van der Waals surface area contributed by atoms with Gasteiger partial charge in [-0.05, 0) is 19.4 Å². The van der Waals surface area contributed by atoms with Crippen molar-refractivity contribution in [3.05, 3.63) is 57.4 Å². The molecule has 21 heavy (non-hydrogen) atoms. The van der Waals surface area contributed by atoms with Crippen molar-refractivity contribution in [1.29, 1.82) is 0 Å². The van der Waals surface area contributed by atoms with Crippen LogP contribution in [-0.4, -0.2) is 19.5 Å². The SMILES string of the molecule is CCc1nc2ncn(Cc3cc(C)cc(C)c3)c2c(=O)[nH]1. The van der Waals surface area contributed by atoms with Gasteiger partial charge in [-0.2, -0.15) is 0 Å². The van der Waals surface area contributed by atoms with E-state index in [9.17, 15) is 4.79 Å². The molecule has 0 amide bonds. The summed E-state index contributed by atoms with van der Waals surface area (Å²) in [4.78, 5) is 23.6. The summed E-state index contributed by atoms with van der Waals surface area (Å²) in [6, 6.07) is 6.39. The lowest BCUT2D eigenvalue weighted by Crippen LogP contribution is -2.15. The van der Waals surface area contributed by atoms with E-state index < -0.39 is 0 Å². The van der Waals surface area contributed by atoms with E-state index in [1.807, 2.05) is 11.5 Å². The Bertz CT molecular complexity index is 840. The molecule has 1 N–H and O–H groups in total.